The second-order valence-electron chi connectivity index (χ2n) is 6.64. The third-order valence-corrected chi connectivity index (χ3v) is 6.12. The highest BCUT2D eigenvalue weighted by atomic mass is 32.1. The number of morpholine rings is 1. The average molecular weight is 347 g/mol. The van der Waals surface area contributed by atoms with Crippen LogP contribution in [-0.2, 0) is 22.4 Å². The molecular weight excluding hydrogens is 322 g/mol. The molecule has 1 atom stereocenters. The number of hydrogen-bond acceptors (Lipinski definition) is 5. The molecule has 3 rings (SSSR count). The number of thiophene rings is 1. The van der Waals surface area contributed by atoms with Crippen LogP contribution in [0.4, 0.5) is 5.00 Å². The third-order valence-electron chi connectivity index (χ3n) is 4.92. The van der Waals surface area contributed by atoms with Gasteiger partial charge in [0.05, 0.1) is 18.8 Å². The van der Waals surface area contributed by atoms with E-state index in [1.165, 1.54) is 23.3 Å². The first-order chi connectivity index (χ1) is 11.7. The average Bonchev–Trinajstić information content (AvgIpc) is 2.74. The van der Waals surface area contributed by atoms with Crippen LogP contribution in [0.15, 0.2) is 0 Å². The van der Waals surface area contributed by atoms with E-state index in [4.69, 9.17) is 4.74 Å². The minimum Gasteiger partial charge on any atom is -0.379 e. The summed E-state index contributed by atoms with van der Waals surface area (Å²) in [4.78, 5) is 15.9. The molecule has 1 fully saturated rings. The number of nitrogens with zero attached hydrogens (tertiary/aromatic N) is 2. The normalized spacial score (nSPS) is 21.6. The van der Waals surface area contributed by atoms with Gasteiger partial charge in [-0.25, -0.2) is 0 Å². The van der Waals surface area contributed by atoms with Crippen LogP contribution in [0, 0.1) is 11.3 Å². The monoisotopic (exact) mass is 347 g/mol. The molecule has 1 saturated heterocycles. The van der Waals surface area contributed by atoms with E-state index in [1.807, 2.05) is 0 Å². The van der Waals surface area contributed by atoms with Crippen molar-refractivity contribution >= 4 is 22.2 Å². The summed E-state index contributed by atoms with van der Waals surface area (Å²) in [5.41, 5.74) is 1.88. The van der Waals surface area contributed by atoms with E-state index in [-0.39, 0.29) is 5.91 Å². The number of amides is 1. The van der Waals surface area contributed by atoms with Gasteiger partial charge in [0, 0.05) is 30.4 Å². The minimum atomic E-state index is 0.00148. The molecule has 0 unspecified atom stereocenters. The number of nitrogens with one attached hydrogen (secondary N) is 1. The molecule has 0 radical (unpaired) electrons. The van der Waals surface area contributed by atoms with Gasteiger partial charge in [0.25, 0.3) is 0 Å². The first-order valence-electron chi connectivity index (χ1n) is 8.85. The van der Waals surface area contributed by atoms with Crippen LogP contribution < -0.4 is 5.32 Å². The maximum Gasteiger partial charge on any atom is 0.226 e. The molecule has 2 aliphatic rings. The number of carbonyl (C=O) groups excluding carboxylic acids is 1. The molecule has 0 aromatic carbocycles. The highest BCUT2D eigenvalue weighted by molar-refractivity contribution is 7.16. The van der Waals surface area contributed by atoms with Crippen LogP contribution in [0.25, 0.3) is 0 Å². The van der Waals surface area contributed by atoms with Crippen molar-refractivity contribution in [1.29, 1.82) is 5.26 Å². The molecule has 6 heteroatoms. The maximum atomic E-state index is 12.3. The summed E-state index contributed by atoms with van der Waals surface area (Å²) in [5, 5.41) is 13.3. The number of rotatable bonds is 4. The second-order valence-corrected chi connectivity index (χ2v) is 7.74. The van der Waals surface area contributed by atoms with Crippen molar-refractivity contribution in [3.05, 3.63) is 16.0 Å². The number of aryl methyl sites for hydroxylation is 1. The fraction of sp³-hybridized carbons (Fsp3) is 0.667. The Labute approximate surface area is 147 Å². The van der Waals surface area contributed by atoms with E-state index >= 15 is 0 Å². The lowest BCUT2D eigenvalue weighted by atomic mass is 10.1. The maximum absolute atomic E-state index is 12.3. The zero-order chi connectivity index (χ0) is 16.9. The van der Waals surface area contributed by atoms with Gasteiger partial charge in [-0.05, 0) is 38.2 Å². The minimum absolute atomic E-state index is 0.00148. The Balaban J connectivity index is 1.61. The summed E-state index contributed by atoms with van der Waals surface area (Å²) in [6, 6.07) is 2.68. The number of anilines is 1. The SMILES string of the molecule is C[C@@H]1COCCN1CCC(=O)Nc1sc2c(c1C#N)CCCCC2. The van der Waals surface area contributed by atoms with E-state index in [1.54, 1.807) is 11.3 Å². The molecule has 0 saturated carbocycles. The van der Waals surface area contributed by atoms with Crippen LogP contribution in [-0.4, -0.2) is 43.2 Å². The van der Waals surface area contributed by atoms with E-state index in [0.717, 1.165) is 50.6 Å². The molecule has 1 aromatic rings. The van der Waals surface area contributed by atoms with Gasteiger partial charge >= 0.3 is 0 Å². The summed E-state index contributed by atoms with van der Waals surface area (Å²) in [6.07, 6.45) is 6.01. The molecule has 1 aliphatic heterocycles. The lowest BCUT2D eigenvalue weighted by Gasteiger charge is -2.32. The summed E-state index contributed by atoms with van der Waals surface area (Å²) in [5.74, 6) is 0.00148. The van der Waals surface area contributed by atoms with Crippen molar-refractivity contribution in [2.45, 2.75) is 51.5 Å². The standard InChI is InChI=1S/C18H25N3O2S/c1-13-12-23-10-9-21(13)8-7-17(22)20-18-15(11-19)14-5-3-2-4-6-16(14)24-18/h13H,2-10,12H2,1H3,(H,20,22)/t13-/m1/s1. The van der Waals surface area contributed by atoms with Gasteiger partial charge in [-0.2, -0.15) is 5.26 Å². The van der Waals surface area contributed by atoms with Gasteiger partial charge in [0.2, 0.25) is 5.91 Å². The fourth-order valence-electron chi connectivity index (χ4n) is 3.48. The van der Waals surface area contributed by atoms with E-state index in [2.05, 4.69) is 23.2 Å². The summed E-state index contributed by atoms with van der Waals surface area (Å²) >= 11 is 1.60. The Morgan fingerprint density at radius 1 is 1.42 bits per heavy atom. The lowest BCUT2D eigenvalue weighted by Crippen LogP contribution is -2.44. The Hall–Kier alpha value is -1.42. The second kappa shape index (κ2) is 8.11. The highest BCUT2D eigenvalue weighted by Gasteiger charge is 2.22. The first-order valence-corrected chi connectivity index (χ1v) is 9.67. The number of hydrogen-bond donors (Lipinski definition) is 1. The molecule has 24 heavy (non-hydrogen) atoms. The van der Waals surface area contributed by atoms with E-state index in [9.17, 15) is 10.1 Å². The first kappa shape index (κ1) is 17.4. The smallest absolute Gasteiger partial charge is 0.226 e. The molecule has 1 aliphatic carbocycles. The van der Waals surface area contributed by atoms with Crippen molar-refractivity contribution < 1.29 is 9.53 Å². The van der Waals surface area contributed by atoms with Crippen molar-refractivity contribution in [3.8, 4) is 6.07 Å². The Bertz CT molecular complexity index is 635. The largest absolute Gasteiger partial charge is 0.379 e. The number of nitriles is 1. The molecule has 130 valence electrons. The topological polar surface area (TPSA) is 65.4 Å². The number of fused-ring (bicyclic) bond motifs is 1. The van der Waals surface area contributed by atoms with Gasteiger partial charge in [0.1, 0.15) is 11.1 Å². The molecule has 0 bridgehead atoms. The van der Waals surface area contributed by atoms with Gasteiger partial charge in [-0.15, -0.1) is 11.3 Å². The third kappa shape index (κ3) is 3.97. The van der Waals surface area contributed by atoms with Crippen molar-refractivity contribution in [1.82, 2.24) is 4.90 Å². The number of ether oxygens (including phenoxy) is 1. The van der Waals surface area contributed by atoms with Gasteiger partial charge < -0.3 is 10.1 Å². The molecule has 1 amide bonds. The van der Waals surface area contributed by atoms with Crippen LogP contribution in [0.1, 0.15) is 48.6 Å². The molecular formula is C18H25N3O2S. The quantitative estimate of drug-likeness (QED) is 0.851. The molecule has 1 aromatic heterocycles. The molecule has 2 heterocycles. The summed E-state index contributed by atoms with van der Waals surface area (Å²) in [6.45, 7) is 5.22. The zero-order valence-corrected chi connectivity index (χ0v) is 15.1. The Kier molecular flexibility index (Phi) is 5.88. The Morgan fingerprint density at radius 3 is 3.04 bits per heavy atom. The van der Waals surface area contributed by atoms with E-state index in [0.29, 0.717) is 18.0 Å². The zero-order valence-electron chi connectivity index (χ0n) is 14.3. The van der Waals surface area contributed by atoms with Crippen LogP contribution in [0.3, 0.4) is 0 Å². The molecule has 1 N–H and O–H groups in total. The predicted octanol–water partition coefficient (Wildman–Crippen LogP) is 2.94. The van der Waals surface area contributed by atoms with Crippen molar-refractivity contribution in [3.63, 3.8) is 0 Å². The van der Waals surface area contributed by atoms with Gasteiger partial charge in [-0.1, -0.05) is 6.42 Å². The lowest BCUT2D eigenvalue weighted by molar-refractivity contribution is -0.117. The van der Waals surface area contributed by atoms with Crippen molar-refractivity contribution in [2.75, 3.05) is 31.6 Å². The van der Waals surface area contributed by atoms with Gasteiger partial charge in [0.15, 0.2) is 0 Å². The summed E-state index contributed by atoms with van der Waals surface area (Å²) in [7, 11) is 0. The fourth-order valence-corrected chi connectivity index (χ4v) is 4.73. The summed E-state index contributed by atoms with van der Waals surface area (Å²) < 4.78 is 5.42. The van der Waals surface area contributed by atoms with Crippen LogP contribution in [0.5, 0.6) is 0 Å². The van der Waals surface area contributed by atoms with Crippen LogP contribution in [0.2, 0.25) is 0 Å². The molecule has 5 nitrogen and oxygen atoms in total. The predicted molar refractivity (Wildman–Crippen MR) is 95.4 cm³/mol. The number of carbonyl (C=O) groups is 1. The Morgan fingerprint density at radius 2 is 2.25 bits per heavy atom. The van der Waals surface area contributed by atoms with Gasteiger partial charge in [-0.3, -0.25) is 9.69 Å². The van der Waals surface area contributed by atoms with E-state index < -0.39 is 0 Å². The molecule has 0 spiro atoms. The van der Waals surface area contributed by atoms with Crippen LogP contribution >= 0.6 is 11.3 Å². The van der Waals surface area contributed by atoms with Crippen molar-refractivity contribution in [2.24, 2.45) is 0 Å². The highest BCUT2D eigenvalue weighted by Crippen LogP contribution is 2.37.